The minimum Gasteiger partial charge on any atom is -0.350 e. The monoisotopic (exact) mass is 331 g/mol. The summed E-state index contributed by atoms with van der Waals surface area (Å²) >= 11 is 0. The van der Waals surface area contributed by atoms with Crippen LogP contribution < -0.4 is 4.90 Å². The normalized spacial score (nSPS) is 23.0. The van der Waals surface area contributed by atoms with Crippen LogP contribution in [0.2, 0.25) is 0 Å². The first-order chi connectivity index (χ1) is 11.5. The topological polar surface area (TPSA) is 29.5 Å². The van der Waals surface area contributed by atoms with E-state index in [1.807, 2.05) is 18.2 Å². The summed E-state index contributed by atoms with van der Waals surface area (Å²) in [5.74, 6) is 0.586. The van der Waals surface area contributed by atoms with Gasteiger partial charge in [0, 0.05) is 11.3 Å². The van der Waals surface area contributed by atoms with Crippen LogP contribution in [-0.4, -0.2) is 24.2 Å². The molecule has 3 nitrogen and oxygen atoms in total. The van der Waals surface area contributed by atoms with E-state index in [4.69, 9.17) is 4.74 Å². The standard InChI is InChI=1S/C21H33NO2/c1-6-11-20-22(18-13-10-9-12-17(18)15-23)19(14-16(4)5)21(7-2,8-3)24-20/h9-10,12-13,15-16,19-20H,6-8,11,14H2,1-5H3/t19-,20-/m0/s1. The Kier molecular flexibility index (Phi) is 6.45. The fourth-order valence-electron chi connectivity index (χ4n) is 4.11. The molecule has 1 fully saturated rings. The van der Waals surface area contributed by atoms with Gasteiger partial charge in [-0.15, -0.1) is 0 Å². The zero-order chi connectivity index (χ0) is 17.7. The summed E-state index contributed by atoms with van der Waals surface area (Å²) in [5.41, 5.74) is 1.67. The molecule has 0 aromatic heterocycles. The van der Waals surface area contributed by atoms with Gasteiger partial charge in [-0.3, -0.25) is 4.79 Å². The molecule has 0 aliphatic carbocycles. The van der Waals surface area contributed by atoms with Crippen LogP contribution in [0.15, 0.2) is 24.3 Å². The van der Waals surface area contributed by atoms with Crippen LogP contribution in [0.3, 0.4) is 0 Å². The fourth-order valence-corrected chi connectivity index (χ4v) is 4.11. The van der Waals surface area contributed by atoms with E-state index in [9.17, 15) is 4.79 Å². The molecule has 24 heavy (non-hydrogen) atoms. The number of anilines is 1. The van der Waals surface area contributed by atoms with Crippen molar-refractivity contribution in [2.75, 3.05) is 4.90 Å². The first kappa shape index (κ1) is 19.0. The molecule has 1 aromatic rings. The van der Waals surface area contributed by atoms with Gasteiger partial charge in [0.15, 0.2) is 6.29 Å². The van der Waals surface area contributed by atoms with Crippen LogP contribution in [-0.2, 0) is 4.74 Å². The third-order valence-corrected chi connectivity index (χ3v) is 5.39. The van der Waals surface area contributed by atoms with Crippen LogP contribution in [0.1, 0.15) is 77.1 Å². The zero-order valence-corrected chi connectivity index (χ0v) is 15.9. The molecule has 0 N–H and O–H groups in total. The van der Waals surface area contributed by atoms with Gasteiger partial charge in [-0.1, -0.05) is 53.2 Å². The van der Waals surface area contributed by atoms with Crippen molar-refractivity contribution in [3.63, 3.8) is 0 Å². The van der Waals surface area contributed by atoms with E-state index in [0.29, 0.717) is 12.0 Å². The number of hydrogen-bond donors (Lipinski definition) is 0. The Labute approximate surface area is 147 Å². The second kappa shape index (κ2) is 8.15. The molecule has 1 aliphatic heterocycles. The predicted molar refractivity (Wildman–Crippen MR) is 101 cm³/mol. The Morgan fingerprint density at radius 1 is 1.21 bits per heavy atom. The Balaban J connectivity index is 2.54. The second-order valence-electron chi connectivity index (χ2n) is 7.36. The highest BCUT2D eigenvalue weighted by Crippen LogP contribution is 2.45. The van der Waals surface area contributed by atoms with Gasteiger partial charge in [0.1, 0.15) is 6.23 Å². The zero-order valence-electron chi connectivity index (χ0n) is 15.9. The Bertz CT molecular complexity index is 536. The lowest BCUT2D eigenvalue weighted by Gasteiger charge is -2.37. The quantitative estimate of drug-likeness (QED) is 0.594. The van der Waals surface area contributed by atoms with E-state index in [1.165, 1.54) is 0 Å². The van der Waals surface area contributed by atoms with Crippen molar-refractivity contribution in [3.05, 3.63) is 29.8 Å². The maximum atomic E-state index is 11.6. The number of ether oxygens (including phenoxy) is 1. The van der Waals surface area contributed by atoms with Crippen molar-refractivity contribution in [1.82, 2.24) is 0 Å². The van der Waals surface area contributed by atoms with Crippen molar-refractivity contribution in [3.8, 4) is 0 Å². The Hall–Kier alpha value is -1.35. The Morgan fingerprint density at radius 2 is 1.88 bits per heavy atom. The number of aldehydes is 1. The number of hydrogen-bond acceptors (Lipinski definition) is 3. The van der Waals surface area contributed by atoms with E-state index in [0.717, 1.165) is 49.6 Å². The summed E-state index contributed by atoms with van der Waals surface area (Å²) < 4.78 is 6.68. The van der Waals surface area contributed by atoms with Crippen molar-refractivity contribution in [1.29, 1.82) is 0 Å². The predicted octanol–water partition coefficient (Wildman–Crippen LogP) is 5.44. The van der Waals surface area contributed by atoms with Crippen molar-refractivity contribution < 1.29 is 9.53 Å². The maximum absolute atomic E-state index is 11.6. The van der Waals surface area contributed by atoms with Gasteiger partial charge in [0.2, 0.25) is 0 Å². The molecule has 0 radical (unpaired) electrons. The number of carbonyl (C=O) groups is 1. The molecule has 1 saturated heterocycles. The van der Waals surface area contributed by atoms with E-state index < -0.39 is 0 Å². The van der Waals surface area contributed by atoms with Crippen molar-refractivity contribution >= 4 is 12.0 Å². The van der Waals surface area contributed by atoms with Gasteiger partial charge < -0.3 is 9.64 Å². The number of rotatable bonds is 8. The fraction of sp³-hybridized carbons (Fsp3) is 0.667. The molecule has 0 saturated carbocycles. The van der Waals surface area contributed by atoms with Crippen LogP contribution in [0.5, 0.6) is 0 Å². The minimum atomic E-state index is -0.125. The molecule has 0 spiro atoms. The molecule has 2 atom stereocenters. The van der Waals surface area contributed by atoms with Gasteiger partial charge >= 0.3 is 0 Å². The van der Waals surface area contributed by atoms with E-state index in [1.54, 1.807) is 0 Å². The van der Waals surface area contributed by atoms with E-state index in [2.05, 4.69) is 45.6 Å². The average Bonchev–Trinajstić information content (AvgIpc) is 2.88. The molecule has 3 heteroatoms. The lowest BCUT2D eigenvalue weighted by molar-refractivity contribution is -0.0563. The van der Waals surface area contributed by atoms with Gasteiger partial charge in [-0.2, -0.15) is 0 Å². The number of nitrogens with zero attached hydrogens (tertiary/aromatic N) is 1. The third-order valence-electron chi connectivity index (χ3n) is 5.39. The molecule has 134 valence electrons. The average molecular weight is 332 g/mol. The molecule has 2 rings (SSSR count). The van der Waals surface area contributed by atoms with E-state index >= 15 is 0 Å². The first-order valence-corrected chi connectivity index (χ1v) is 9.53. The number of para-hydroxylation sites is 1. The third kappa shape index (κ3) is 3.51. The van der Waals surface area contributed by atoms with Crippen LogP contribution in [0, 0.1) is 5.92 Å². The van der Waals surface area contributed by atoms with Crippen LogP contribution in [0.4, 0.5) is 5.69 Å². The van der Waals surface area contributed by atoms with Gasteiger partial charge in [-0.05, 0) is 43.7 Å². The molecule has 0 bridgehead atoms. The van der Waals surface area contributed by atoms with Gasteiger partial charge in [0.25, 0.3) is 0 Å². The largest absolute Gasteiger partial charge is 0.350 e. The SMILES string of the molecule is CCC[C@@H]1OC(CC)(CC)[C@H](CC(C)C)N1c1ccccc1C=O. The van der Waals surface area contributed by atoms with Crippen LogP contribution >= 0.6 is 0 Å². The molecule has 0 unspecified atom stereocenters. The summed E-state index contributed by atoms with van der Waals surface area (Å²) in [7, 11) is 0. The highest BCUT2D eigenvalue weighted by Gasteiger charge is 2.51. The molecular weight excluding hydrogens is 298 g/mol. The summed E-state index contributed by atoms with van der Waals surface area (Å²) in [4.78, 5) is 14.0. The Morgan fingerprint density at radius 3 is 2.42 bits per heavy atom. The van der Waals surface area contributed by atoms with Crippen molar-refractivity contribution in [2.24, 2.45) is 5.92 Å². The molecule has 1 aromatic carbocycles. The molecule has 1 aliphatic rings. The first-order valence-electron chi connectivity index (χ1n) is 9.53. The lowest BCUT2D eigenvalue weighted by atomic mass is 9.83. The highest BCUT2D eigenvalue weighted by molar-refractivity contribution is 5.85. The number of benzene rings is 1. The lowest BCUT2D eigenvalue weighted by Crippen LogP contribution is -2.46. The second-order valence-corrected chi connectivity index (χ2v) is 7.36. The maximum Gasteiger partial charge on any atom is 0.152 e. The molecular formula is C21H33NO2. The summed E-state index contributed by atoms with van der Waals surface area (Å²) in [6, 6.07) is 8.25. The smallest absolute Gasteiger partial charge is 0.152 e. The van der Waals surface area contributed by atoms with Gasteiger partial charge in [0.05, 0.1) is 11.6 Å². The summed E-state index contributed by atoms with van der Waals surface area (Å²) in [6.07, 6.45) is 6.17. The summed E-state index contributed by atoms with van der Waals surface area (Å²) in [5, 5.41) is 0. The van der Waals surface area contributed by atoms with Crippen LogP contribution in [0.25, 0.3) is 0 Å². The summed E-state index contributed by atoms with van der Waals surface area (Å²) in [6.45, 7) is 11.2. The van der Waals surface area contributed by atoms with Crippen molar-refractivity contribution in [2.45, 2.75) is 84.6 Å². The molecule has 1 heterocycles. The minimum absolute atomic E-state index is 0.0553. The van der Waals surface area contributed by atoms with E-state index in [-0.39, 0.29) is 11.8 Å². The number of carbonyl (C=O) groups excluding carboxylic acids is 1. The highest BCUT2D eigenvalue weighted by atomic mass is 16.5. The molecule has 0 amide bonds. The van der Waals surface area contributed by atoms with Gasteiger partial charge in [-0.25, -0.2) is 0 Å².